The van der Waals surface area contributed by atoms with Gasteiger partial charge in [-0.2, -0.15) is 10.1 Å². The minimum absolute atomic E-state index is 0.587. The first-order valence-electron chi connectivity index (χ1n) is 6.04. The quantitative estimate of drug-likeness (QED) is 0.660. The van der Waals surface area contributed by atoms with Crippen molar-refractivity contribution >= 4 is 11.8 Å². The number of hydrogen-bond acceptors (Lipinski definition) is 6. The zero-order valence-electron chi connectivity index (χ0n) is 10.9. The number of nitrogens with one attached hydrogen (secondary N) is 2. The van der Waals surface area contributed by atoms with Gasteiger partial charge >= 0.3 is 0 Å². The first-order valence-corrected chi connectivity index (χ1v) is 6.04. The highest BCUT2D eigenvalue weighted by Crippen LogP contribution is 2.03. The molecule has 6 heteroatoms. The van der Waals surface area contributed by atoms with E-state index in [1.54, 1.807) is 6.20 Å². The summed E-state index contributed by atoms with van der Waals surface area (Å²) in [6.45, 7) is 4.92. The Morgan fingerprint density at radius 2 is 2.06 bits per heavy atom. The molecule has 0 bridgehead atoms. The molecule has 0 aliphatic rings. The Bertz CT molecular complexity index is 315. The maximum absolute atomic E-state index is 4.32. The SMILES string of the molecule is CCCNc1nncc(NCCCN(C)C)n1. The second-order valence-corrected chi connectivity index (χ2v) is 4.18. The van der Waals surface area contributed by atoms with Gasteiger partial charge in [-0.25, -0.2) is 0 Å². The summed E-state index contributed by atoms with van der Waals surface area (Å²) in [6.07, 6.45) is 3.77. The third-order valence-corrected chi connectivity index (χ3v) is 2.18. The van der Waals surface area contributed by atoms with Crippen LogP contribution in [-0.2, 0) is 0 Å². The molecule has 0 radical (unpaired) electrons. The van der Waals surface area contributed by atoms with Gasteiger partial charge < -0.3 is 15.5 Å². The van der Waals surface area contributed by atoms with Crippen molar-refractivity contribution in [1.29, 1.82) is 0 Å². The summed E-state index contributed by atoms with van der Waals surface area (Å²) < 4.78 is 0. The molecule has 0 unspecified atom stereocenters. The van der Waals surface area contributed by atoms with Crippen LogP contribution in [0, 0.1) is 0 Å². The topological polar surface area (TPSA) is 66.0 Å². The Labute approximate surface area is 103 Å². The second kappa shape index (κ2) is 7.78. The van der Waals surface area contributed by atoms with E-state index in [2.05, 4.69) is 51.7 Å². The Morgan fingerprint density at radius 1 is 1.24 bits per heavy atom. The van der Waals surface area contributed by atoms with E-state index >= 15 is 0 Å². The summed E-state index contributed by atoms with van der Waals surface area (Å²) in [6, 6.07) is 0. The zero-order valence-corrected chi connectivity index (χ0v) is 10.9. The molecule has 1 aromatic rings. The van der Waals surface area contributed by atoms with E-state index in [1.165, 1.54) is 0 Å². The van der Waals surface area contributed by atoms with Crippen molar-refractivity contribution in [2.24, 2.45) is 0 Å². The molecule has 2 N–H and O–H groups in total. The zero-order chi connectivity index (χ0) is 12.5. The van der Waals surface area contributed by atoms with Crippen LogP contribution >= 0.6 is 0 Å². The van der Waals surface area contributed by atoms with Crippen LogP contribution in [0.4, 0.5) is 11.8 Å². The van der Waals surface area contributed by atoms with Crippen LogP contribution in [0.1, 0.15) is 19.8 Å². The summed E-state index contributed by atoms with van der Waals surface area (Å²) in [5, 5.41) is 14.2. The molecule has 0 saturated heterocycles. The average Bonchev–Trinajstić information content (AvgIpc) is 2.32. The lowest BCUT2D eigenvalue weighted by molar-refractivity contribution is 0.405. The molecule has 0 spiro atoms. The van der Waals surface area contributed by atoms with Crippen LogP contribution in [-0.4, -0.2) is 53.8 Å². The largest absolute Gasteiger partial charge is 0.369 e. The van der Waals surface area contributed by atoms with Gasteiger partial charge in [-0.3, -0.25) is 0 Å². The molecule has 0 amide bonds. The van der Waals surface area contributed by atoms with Crippen LogP contribution in [0.15, 0.2) is 6.20 Å². The van der Waals surface area contributed by atoms with Crippen LogP contribution in [0.3, 0.4) is 0 Å². The molecule has 1 heterocycles. The van der Waals surface area contributed by atoms with Gasteiger partial charge in [0.1, 0.15) is 0 Å². The fourth-order valence-electron chi connectivity index (χ4n) is 1.31. The first-order chi connectivity index (χ1) is 8.22. The van der Waals surface area contributed by atoms with Crippen molar-refractivity contribution in [1.82, 2.24) is 20.1 Å². The van der Waals surface area contributed by atoms with E-state index in [-0.39, 0.29) is 0 Å². The van der Waals surface area contributed by atoms with E-state index in [0.717, 1.165) is 38.3 Å². The van der Waals surface area contributed by atoms with Crippen LogP contribution in [0.5, 0.6) is 0 Å². The van der Waals surface area contributed by atoms with Crippen LogP contribution in [0.25, 0.3) is 0 Å². The molecule has 0 aromatic carbocycles. The molecule has 0 atom stereocenters. The molecule has 6 nitrogen and oxygen atoms in total. The third-order valence-electron chi connectivity index (χ3n) is 2.18. The van der Waals surface area contributed by atoms with Gasteiger partial charge in [0.05, 0.1) is 6.20 Å². The van der Waals surface area contributed by atoms with Crippen LogP contribution < -0.4 is 10.6 Å². The number of rotatable bonds is 8. The Balaban J connectivity index is 2.32. The normalized spacial score (nSPS) is 10.6. The summed E-state index contributed by atoms with van der Waals surface area (Å²) in [7, 11) is 4.14. The molecular weight excluding hydrogens is 216 g/mol. The molecule has 0 aliphatic carbocycles. The minimum atomic E-state index is 0.587. The van der Waals surface area contributed by atoms with Gasteiger partial charge in [0, 0.05) is 13.1 Å². The summed E-state index contributed by atoms with van der Waals surface area (Å²) in [5.41, 5.74) is 0. The van der Waals surface area contributed by atoms with Gasteiger partial charge in [-0.05, 0) is 33.5 Å². The predicted molar refractivity (Wildman–Crippen MR) is 70.3 cm³/mol. The molecule has 1 aromatic heterocycles. The van der Waals surface area contributed by atoms with Gasteiger partial charge in [0.25, 0.3) is 0 Å². The molecule has 0 aliphatic heterocycles. The van der Waals surface area contributed by atoms with E-state index in [4.69, 9.17) is 0 Å². The molecule has 0 saturated carbocycles. The lowest BCUT2D eigenvalue weighted by Gasteiger charge is -2.10. The lowest BCUT2D eigenvalue weighted by atomic mass is 10.4. The second-order valence-electron chi connectivity index (χ2n) is 4.18. The Kier molecular flexibility index (Phi) is 6.24. The Morgan fingerprint density at radius 3 is 2.76 bits per heavy atom. The summed E-state index contributed by atoms with van der Waals surface area (Å²) in [5.74, 6) is 1.36. The van der Waals surface area contributed by atoms with Gasteiger partial charge in [-0.1, -0.05) is 6.92 Å². The summed E-state index contributed by atoms with van der Waals surface area (Å²) >= 11 is 0. The van der Waals surface area contributed by atoms with Gasteiger partial charge in [0.15, 0.2) is 5.82 Å². The van der Waals surface area contributed by atoms with Crippen molar-refractivity contribution in [3.8, 4) is 0 Å². The maximum Gasteiger partial charge on any atom is 0.244 e. The molecule has 17 heavy (non-hydrogen) atoms. The first kappa shape index (κ1) is 13.6. The summed E-state index contributed by atoms with van der Waals surface area (Å²) in [4.78, 5) is 6.48. The average molecular weight is 238 g/mol. The molecule has 1 rings (SSSR count). The third kappa shape index (κ3) is 6.01. The van der Waals surface area contributed by atoms with Gasteiger partial charge in [-0.15, -0.1) is 5.10 Å². The van der Waals surface area contributed by atoms with Crippen molar-refractivity contribution < 1.29 is 0 Å². The van der Waals surface area contributed by atoms with E-state index in [1.807, 2.05) is 0 Å². The smallest absolute Gasteiger partial charge is 0.244 e. The predicted octanol–water partition coefficient (Wildman–Crippen LogP) is 1.06. The van der Waals surface area contributed by atoms with Gasteiger partial charge in [0.2, 0.25) is 5.95 Å². The lowest BCUT2D eigenvalue weighted by Crippen LogP contribution is -2.17. The monoisotopic (exact) mass is 238 g/mol. The van der Waals surface area contributed by atoms with Crippen molar-refractivity contribution in [3.63, 3.8) is 0 Å². The molecular formula is C11H22N6. The fraction of sp³-hybridized carbons (Fsp3) is 0.727. The Hall–Kier alpha value is -1.43. The highest BCUT2D eigenvalue weighted by Gasteiger charge is 1.99. The number of anilines is 2. The molecule has 96 valence electrons. The van der Waals surface area contributed by atoms with Crippen molar-refractivity contribution in [2.45, 2.75) is 19.8 Å². The highest BCUT2D eigenvalue weighted by atomic mass is 15.3. The maximum atomic E-state index is 4.32. The number of nitrogens with zero attached hydrogens (tertiary/aromatic N) is 4. The van der Waals surface area contributed by atoms with Crippen LogP contribution in [0.2, 0.25) is 0 Å². The highest BCUT2D eigenvalue weighted by molar-refractivity contribution is 5.36. The standard InChI is InChI=1S/C11H22N6/c1-4-6-13-11-15-10(9-14-16-11)12-7-5-8-17(2)3/h9H,4-8H2,1-3H3,(H2,12,13,15,16). The number of hydrogen-bond donors (Lipinski definition) is 2. The molecule has 0 fully saturated rings. The fourth-order valence-corrected chi connectivity index (χ4v) is 1.31. The minimum Gasteiger partial charge on any atom is -0.369 e. The number of aromatic nitrogens is 3. The van der Waals surface area contributed by atoms with Crippen molar-refractivity contribution in [3.05, 3.63) is 6.20 Å². The van der Waals surface area contributed by atoms with E-state index in [9.17, 15) is 0 Å². The van der Waals surface area contributed by atoms with E-state index in [0.29, 0.717) is 5.95 Å². The van der Waals surface area contributed by atoms with E-state index < -0.39 is 0 Å². The van der Waals surface area contributed by atoms with Crippen molar-refractivity contribution in [2.75, 3.05) is 44.4 Å².